The van der Waals surface area contributed by atoms with E-state index in [0.29, 0.717) is 13.1 Å². The molecular weight excluding hydrogens is 230 g/mol. The van der Waals surface area contributed by atoms with Crippen LogP contribution < -0.4 is 4.90 Å². The van der Waals surface area contributed by atoms with E-state index in [1.54, 1.807) is 14.2 Å². The van der Waals surface area contributed by atoms with Gasteiger partial charge in [0.25, 0.3) is 0 Å². The smallest absolute Gasteiger partial charge is 0.152 e. The highest BCUT2D eigenvalue weighted by atomic mass is 16.5. The molecule has 4 heteroatoms. The molecule has 1 aliphatic heterocycles. The summed E-state index contributed by atoms with van der Waals surface area (Å²) in [6.45, 7) is 1.31. The second-order valence-corrected chi connectivity index (χ2v) is 4.80. The quantitative estimate of drug-likeness (QED) is 0.718. The number of quaternary nitrogens is 1. The Balaban J connectivity index is 2.41. The summed E-state index contributed by atoms with van der Waals surface area (Å²) in [6.07, 6.45) is -0.655. The highest BCUT2D eigenvalue weighted by Crippen LogP contribution is 2.32. The van der Waals surface area contributed by atoms with Gasteiger partial charge in [-0.25, -0.2) is 0 Å². The summed E-state index contributed by atoms with van der Waals surface area (Å²) in [6, 6.07) is 9.57. The summed E-state index contributed by atoms with van der Waals surface area (Å²) < 4.78 is 10.9. The minimum Gasteiger partial charge on any atom is -0.463 e. The number of aliphatic hydroxyl groups is 1. The number of methoxy groups -OCH3 is 2. The van der Waals surface area contributed by atoms with E-state index >= 15 is 0 Å². The van der Waals surface area contributed by atoms with Gasteiger partial charge in [0.2, 0.25) is 0 Å². The van der Waals surface area contributed by atoms with Gasteiger partial charge in [-0.05, 0) is 5.56 Å². The highest BCUT2D eigenvalue weighted by Gasteiger charge is 2.51. The molecule has 0 radical (unpaired) electrons. The standard InChI is InChI=1S/C14H21NO3/c1-15-9-12(17-2)14(16,13(10-15)18-3)11-7-5-4-6-8-11/h4-8,12-13,15-16H,1,9-10H2,2-3H3. The molecule has 2 rings (SSSR count). The number of piperidine rings is 1. The number of ether oxygens (including phenoxy) is 2. The minimum atomic E-state index is -1.12. The van der Waals surface area contributed by atoms with Crippen molar-refractivity contribution < 1.29 is 19.5 Å². The van der Waals surface area contributed by atoms with Gasteiger partial charge in [-0.15, -0.1) is 0 Å². The third-order valence-corrected chi connectivity index (χ3v) is 3.74. The molecule has 0 aromatic heterocycles. The lowest BCUT2D eigenvalue weighted by molar-refractivity contribution is -0.872. The van der Waals surface area contributed by atoms with Crippen LogP contribution in [-0.4, -0.2) is 44.6 Å². The number of benzene rings is 1. The SMILES string of the molecule is [CH2-][NH+]1CC(OC)C(O)(c2ccccc2)C(OC)C1. The largest absolute Gasteiger partial charge is 0.463 e. The lowest BCUT2D eigenvalue weighted by Gasteiger charge is -2.47. The number of hydrogen-bond acceptors (Lipinski definition) is 3. The maximum absolute atomic E-state index is 11.1. The first-order valence-electron chi connectivity index (χ1n) is 6.13. The van der Waals surface area contributed by atoms with E-state index in [9.17, 15) is 5.11 Å². The molecule has 0 aliphatic carbocycles. The fourth-order valence-corrected chi connectivity index (χ4v) is 2.73. The van der Waals surface area contributed by atoms with Crippen molar-refractivity contribution in [2.24, 2.45) is 0 Å². The van der Waals surface area contributed by atoms with Gasteiger partial charge < -0.3 is 19.5 Å². The van der Waals surface area contributed by atoms with E-state index in [4.69, 9.17) is 9.47 Å². The summed E-state index contributed by atoms with van der Waals surface area (Å²) in [4.78, 5) is 1.05. The van der Waals surface area contributed by atoms with Crippen LogP contribution in [0, 0.1) is 7.05 Å². The van der Waals surface area contributed by atoms with E-state index < -0.39 is 5.60 Å². The molecule has 18 heavy (non-hydrogen) atoms. The molecular formula is C14H21NO3. The molecule has 1 heterocycles. The molecule has 1 aliphatic rings. The van der Waals surface area contributed by atoms with Crippen LogP contribution in [0.25, 0.3) is 0 Å². The van der Waals surface area contributed by atoms with Crippen molar-refractivity contribution in [1.82, 2.24) is 0 Å². The van der Waals surface area contributed by atoms with Crippen LogP contribution in [0.1, 0.15) is 5.56 Å². The van der Waals surface area contributed by atoms with Gasteiger partial charge in [0.1, 0.15) is 12.2 Å². The molecule has 1 saturated heterocycles. The van der Waals surface area contributed by atoms with E-state index in [2.05, 4.69) is 7.05 Å². The average Bonchev–Trinajstić information content (AvgIpc) is 2.41. The van der Waals surface area contributed by atoms with Crippen molar-refractivity contribution in [3.63, 3.8) is 0 Å². The molecule has 1 aromatic rings. The monoisotopic (exact) mass is 251 g/mol. The number of nitrogens with one attached hydrogen (secondary N) is 1. The molecule has 0 spiro atoms. The molecule has 100 valence electrons. The Bertz CT molecular complexity index is 368. The Kier molecular flexibility index (Phi) is 4.02. The maximum atomic E-state index is 11.1. The van der Waals surface area contributed by atoms with Gasteiger partial charge in [-0.3, -0.25) is 0 Å². The number of likely N-dealkylation sites (tertiary alicyclic amines) is 1. The summed E-state index contributed by atoms with van der Waals surface area (Å²) in [5, 5.41) is 11.1. The number of rotatable bonds is 3. The molecule has 2 N–H and O–H groups in total. The minimum absolute atomic E-state index is 0.328. The van der Waals surface area contributed by atoms with Crippen LogP contribution in [0.5, 0.6) is 0 Å². The lowest BCUT2D eigenvalue weighted by atomic mass is 9.80. The molecule has 4 nitrogen and oxygen atoms in total. The summed E-state index contributed by atoms with van der Waals surface area (Å²) >= 11 is 0. The fourth-order valence-electron chi connectivity index (χ4n) is 2.73. The Hall–Kier alpha value is -0.940. The first kappa shape index (κ1) is 13.5. The Morgan fingerprint density at radius 3 is 2.11 bits per heavy atom. The van der Waals surface area contributed by atoms with Crippen LogP contribution in [0.4, 0.5) is 0 Å². The van der Waals surface area contributed by atoms with Crippen molar-refractivity contribution in [2.75, 3.05) is 27.3 Å². The zero-order chi connectivity index (χ0) is 13.2. The van der Waals surface area contributed by atoms with E-state index in [0.717, 1.165) is 10.5 Å². The van der Waals surface area contributed by atoms with E-state index in [1.807, 2.05) is 30.3 Å². The maximum Gasteiger partial charge on any atom is 0.152 e. The Labute approximate surface area is 108 Å². The van der Waals surface area contributed by atoms with E-state index in [1.165, 1.54) is 0 Å². The van der Waals surface area contributed by atoms with Gasteiger partial charge in [0.05, 0.1) is 13.1 Å². The van der Waals surface area contributed by atoms with Gasteiger partial charge in [-0.1, -0.05) is 30.3 Å². The first-order valence-corrected chi connectivity index (χ1v) is 6.13. The van der Waals surface area contributed by atoms with Crippen LogP contribution in [0.2, 0.25) is 0 Å². The van der Waals surface area contributed by atoms with Crippen LogP contribution >= 0.6 is 0 Å². The predicted molar refractivity (Wildman–Crippen MR) is 68.0 cm³/mol. The van der Waals surface area contributed by atoms with Gasteiger partial charge in [-0.2, -0.15) is 7.05 Å². The predicted octanol–water partition coefficient (Wildman–Crippen LogP) is -0.406. The molecule has 0 bridgehead atoms. The fraction of sp³-hybridized carbons (Fsp3) is 0.500. The third kappa shape index (κ3) is 2.17. The highest BCUT2D eigenvalue weighted by molar-refractivity contribution is 5.26. The van der Waals surface area contributed by atoms with Crippen LogP contribution in [0.3, 0.4) is 0 Å². The molecule has 2 unspecified atom stereocenters. The summed E-state index contributed by atoms with van der Waals surface area (Å²) in [5.41, 5.74) is -0.289. The second kappa shape index (κ2) is 5.36. The summed E-state index contributed by atoms with van der Waals surface area (Å²) in [7, 11) is 7.23. The third-order valence-electron chi connectivity index (χ3n) is 3.74. The topological polar surface area (TPSA) is 43.1 Å². The molecule has 1 fully saturated rings. The van der Waals surface area contributed by atoms with Gasteiger partial charge in [0.15, 0.2) is 5.60 Å². The second-order valence-electron chi connectivity index (χ2n) is 4.80. The first-order chi connectivity index (χ1) is 8.62. The van der Waals surface area contributed by atoms with E-state index in [-0.39, 0.29) is 12.2 Å². The van der Waals surface area contributed by atoms with Gasteiger partial charge >= 0.3 is 0 Å². The van der Waals surface area contributed by atoms with Crippen molar-refractivity contribution in [3.8, 4) is 0 Å². The van der Waals surface area contributed by atoms with Crippen molar-refractivity contribution >= 4 is 0 Å². The van der Waals surface area contributed by atoms with Gasteiger partial charge in [0, 0.05) is 14.2 Å². The molecule has 0 saturated carbocycles. The average molecular weight is 251 g/mol. The summed E-state index contributed by atoms with van der Waals surface area (Å²) in [5.74, 6) is 0. The zero-order valence-electron chi connectivity index (χ0n) is 10.9. The number of hydrogen-bond donors (Lipinski definition) is 2. The Morgan fingerprint density at radius 2 is 1.67 bits per heavy atom. The molecule has 0 amide bonds. The van der Waals surface area contributed by atoms with Crippen molar-refractivity contribution in [3.05, 3.63) is 42.9 Å². The van der Waals surface area contributed by atoms with Crippen molar-refractivity contribution in [1.29, 1.82) is 0 Å². The van der Waals surface area contributed by atoms with Crippen LogP contribution in [-0.2, 0) is 15.1 Å². The Morgan fingerprint density at radius 1 is 1.17 bits per heavy atom. The van der Waals surface area contributed by atoms with Crippen molar-refractivity contribution in [2.45, 2.75) is 17.8 Å². The molecule has 1 aromatic carbocycles. The molecule has 2 atom stereocenters. The zero-order valence-corrected chi connectivity index (χ0v) is 10.9. The lowest BCUT2D eigenvalue weighted by Crippen LogP contribution is -3.12. The normalized spacial score (nSPS) is 36.6. The van der Waals surface area contributed by atoms with Crippen LogP contribution in [0.15, 0.2) is 30.3 Å².